The van der Waals surface area contributed by atoms with E-state index in [4.69, 9.17) is 9.47 Å². The van der Waals surface area contributed by atoms with Gasteiger partial charge in [0, 0.05) is 12.1 Å². The number of carboxylic acids is 1. The number of nitrogens with one attached hydrogen (secondary N) is 2. The summed E-state index contributed by atoms with van der Waals surface area (Å²) in [6.45, 7) is 0.653. The van der Waals surface area contributed by atoms with Crippen LogP contribution in [0.15, 0.2) is 58.7 Å². The Bertz CT molecular complexity index is 1390. The number of aromatic amines is 1. The number of hydrogen-bond donors (Lipinski definition) is 2. The average molecular weight is 479 g/mol. The molecule has 2 aromatic heterocycles. The Balaban J connectivity index is 1.40. The van der Waals surface area contributed by atoms with Crippen LogP contribution >= 0.6 is 11.3 Å². The van der Waals surface area contributed by atoms with Crippen LogP contribution in [0.4, 0.5) is 0 Å². The molecule has 2 heterocycles. The molecular weight excluding hydrogens is 458 g/mol. The third kappa shape index (κ3) is 5.30. The third-order valence-corrected chi connectivity index (χ3v) is 5.96. The van der Waals surface area contributed by atoms with Crippen LogP contribution in [-0.4, -0.2) is 29.0 Å². The Morgan fingerprint density at radius 1 is 1.12 bits per heavy atom. The van der Waals surface area contributed by atoms with E-state index in [0.717, 1.165) is 11.1 Å². The second-order valence-corrected chi connectivity index (χ2v) is 8.23. The third-order valence-electron chi connectivity index (χ3n) is 5.04. The minimum absolute atomic E-state index is 0.0669. The summed E-state index contributed by atoms with van der Waals surface area (Å²) < 4.78 is 10.9. The van der Waals surface area contributed by atoms with E-state index in [1.165, 1.54) is 23.5 Å². The van der Waals surface area contributed by atoms with Gasteiger partial charge in [-0.15, -0.1) is 11.3 Å². The molecule has 0 radical (unpaired) electrons. The second-order valence-electron chi connectivity index (χ2n) is 7.37. The molecule has 4 rings (SSSR count). The highest BCUT2D eigenvalue weighted by Crippen LogP contribution is 2.22. The number of fused-ring (bicyclic) bond motifs is 1. The number of carboxylic acid groups (broad SMARTS) is 1. The summed E-state index contributed by atoms with van der Waals surface area (Å²) in [6.07, 6.45) is 0. The monoisotopic (exact) mass is 478 g/mol. The number of nitrogens with zero attached hydrogens (tertiary/aromatic N) is 1. The van der Waals surface area contributed by atoms with Crippen LogP contribution in [0.2, 0.25) is 0 Å². The van der Waals surface area contributed by atoms with Crippen molar-refractivity contribution in [3.05, 3.63) is 92.3 Å². The van der Waals surface area contributed by atoms with E-state index < -0.39 is 17.4 Å². The first-order valence-corrected chi connectivity index (χ1v) is 11.1. The van der Waals surface area contributed by atoms with Gasteiger partial charge in [0.05, 0.1) is 31.7 Å². The molecule has 4 aromatic rings. The first kappa shape index (κ1) is 23.1. The Morgan fingerprint density at radius 3 is 2.65 bits per heavy atom. The largest absolute Gasteiger partial charge is 0.545 e. The topological polar surface area (TPSA) is 133 Å². The Hall–Kier alpha value is -4.02. The highest BCUT2D eigenvalue weighted by atomic mass is 32.1. The summed E-state index contributed by atoms with van der Waals surface area (Å²) in [6, 6.07) is 13.5. The van der Waals surface area contributed by atoms with Crippen LogP contribution in [0, 0.1) is 0 Å². The standard InChI is InChI=1S/C24H21N3O6S/c1-32-18-4-2-3-15(9-18)10-25-22(29)20-26-21(28)19-17(13-34-23(19)27-20)12-33-11-14-5-7-16(8-6-14)24(30)31/h2-9,13H,10-12H2,1H3,(H,25,29)(H,30,31)(H,26,27,28)/p-1. The van der Waals surface area contributed by atoms with Crippen LogP contribution in [0.5, 0.6) is 5.75 Å². The number of carbonyl (C=O) groups is 2. The summed E-state index contributed by atoms with van der Waals surface area (Å²) >= 11 is 1.25. The van der Waals surface area contributed by atoms with Crippen molar-refractivity contribution in [3.8, 4) is 5.75 Å². The molecule has 34 heavy (non-hydrogen) atoms. The summed E-state index contributed by atoms with van der Waals surface area (Å²) in [5.74, 6) is -1.12. The van der Waals surface area contributed by atoms with Gasteiger partial charge in [0.15, 0.2) is 0 Å². The van der Waals surface area contributed by atoms with Gasteiger partial charge in [-0.2, -0.15) is 0 Å². The zero-order valence-electron chi connectivity index (χ0n) is 18.1. The average Bonchev–Trinajstić information content (AvgIpc) is 3.26. The zero-order valence-corrected chi connectivity index (χ0v) is 18.9. The minimum Gasteiger partial charge on any atom is -0.545 e. The summed E-state index contributed by atoms with van der Waals surface area (Å²) in [5, 5.41) is 15.7. The molecule has 0 spiro atoms. The number of ether oxygens (including phenoxy) is 2. The van der Waals surface area contributed by atoms with Crippen LogP contribution in [0.1, 0.15) is 37.7 Å². The quantitative estimate of drug-likeness (QED) is 0.376. The lowest BCUT2D eigenvalue weighted by Crippen LogP contribution is -2.27. The maximum Gasteiger partial charge on any atom is 0.287 e. The van der Waals surface area contributed by atoms with Gasteiger partial charge < -0.3 is 29.7 Å². The Morgan fingerprint density at radius 2 is 1.91 bits per heavy atom. The lowest BCUT2D eigenvalue weighted by molar-refractivity contribution is -0.255. The zero-order chi connectivity index (χ0) is 24.1. The van der Waals surface area contributed by atoms with Crippen molar-refractivity contribution in [2.24, 2.45) is 0 Å². The van der Waals surface area contributed by atoms with Crippen molar-refractivity contribution in [1.29, 1.82) is 0 Å². The van der Waals surface area contributed by atoms with E-state index in [9.17, 15) is 19.5 Å². The second kappa shape index (κ2) is 10.3. The minimum atomic E-state index is -1.24. The van der Waals surface area contributed by atoms with Crippen LogP contribution in [-0.2, 0) is 24.5 Å². The van der Waals surface area contributed by atoms with Gasteiger partial charge in [0.1, 0.15) is 10.6 Å². The van der Waals surface area contributed by atoms with Gasteiger partial charge in [-0.1, -0.05) is 36.4 Å². The highest BCUT2D eigenvalue weighted by molar-refractivity contribution is 7.16. The number of rotatable bonds is 9. The van der Waals surface area contributed by atoms with Crippen molar-refractivity contribution < 1.29 is 24.2 Å². The molecule has 10 heteroatoms. The SMILES string of the molecule is COc1cccc(CNC(=O)c2nc3scc(COCc4ccc(C(=O)[O-])cc4)c3c(=O)[nH]2)c1. The van der Waals surface area contributed by atoms with E-state index in [2.05, 4.69) is 15.3 Å². The number of thiophene rings is 1. The first-order valence-electron chi connectivity index (χ1n) is 10.2. The van der Waals surface area contributed by atoms with Gasteiger partial charge in [0.25, 0.3) is 11.5 Å². The maximum atomic E-state index is 12.7. The molecule has 2 aromatic carbocycles. The van der Waals surface area contributed by atoms with E-state index >= 15 is 0 Å². The van der Waals surface area contributed by atoms with Crippen molar-refractivity contribution in [1.82, 2.24) is 15.3 Å². The van der Waals surface area contributed by atoms with Crippen molar-refractivity contribution in [3.63, 3.8) is 0 Å². The van der Waals surface area contributed by atoms with E-state index in [1.807, 2.05) is 24.3 Å². The predicted molar refractivity (Wildman–Crippen MR) is 124 cm³/mol. The first-order chi connectivity index (χ1) is 16.4. The van der Waals surface area contributed by atoms with Gasteiger partial charge in [0.2, 0.25) is 5.82 Å². The number of methoxy groups -OCH3 is 1. The number of aromatic nitrogens is 2. The number of benzene rings is 2. The predicted octanol–water partition coefficient (Wildman–Crippen LogP) is 2.00. The fourth-order valence-electron chi connectivity index (χ4n) is 3.28. The van der Waals surface area contributed by atoms with Gasteiger partial charge in [-0.25, -0.2) is 4.98 Å². The van der Waals surface area contributed by atoms with E-state index in [1.54, 1.807) is 24.6 Å². The smallest absolute Gasteiger partial charge is 0.287 e. The molecule has 0 bridgehead atoms. The van der Waals surface area contributed by atoms with Crippen LogP contribution in [0.3, 0.4) is 0 Å². The summed E-state index contributed by atoms with van der Waals surface area (Å²) in [4.78, 5) is 43.3. The van der Waals surface area contributed by atoms with E-state index in [-0.39, 0.29) is 31.1 Å². The lowest BCUT2D eigenvalue weighted by Gasteiger charge is -2.07. The molecule has 0 saturated heterocycles. The number of H-pyrrole nitrogens is 1. The Labute approximate surface area is 198 Å². The molecule has 0 aliphatic rings. The molecule has 2 N–H and O–H groups in total. The molecule has 0 saturated carbocycles. The van der Waals surface area contributed by atoms with Crippen molar-refractivity contribution in [2.75, 3.05) is 7.11 Å². The highest BCUT2D eigenvalue weighted by Gasteiger charge is 2.15. The lowest BCUT2D eigenvalue weighted by atomic mass is 10.1. The number of amides is 1. The molecule has 1 amide bonds. The van der Waals surface area contributed by atoms with Crippen molar-refractivity contribution in [2.45, 2.75) is 19.8 Å². The van der Waals surface area contributed by atoms with Gasteiger partial charge >= 0.3 is 0 Å². The molecule has 0 atom stereocenters. The molecule has 174 valence electrons. The number of aromatic carboxylic acids is 1. The maximum absolute atomic E-state index is 12.7. The molecule has 0 unspecified atom stereocenters. The number of hydrogen-bond acceptors (Lipinski definition) is 8. The summed E-state index contributed by atoms with van der Waals surface area (Å²) in [7, 11) is 1.57. The van der Waals surface area contributed by atoms with E-state index in [0.29, 0.717) is 21.5 Å². The van der Waals surface area contributed by atoms with Crippen molar-refractivity contribution >= 4 is 33.4 Å². The van der Waals surface area contributed by atoms with Gasteiger partial charge in [-0.05, 0) is 34.2 Å². The summed E-state index contributed by atoms with van der Waals surface area (Å²) in [5.41, 5.74) is 1.96. The molecule has 0 aliphatic heterocycles. The molecular formula is C24H20N3O6S-. The van der Waals surface area contributed by atoms with Gasteiger partial charge in [-0.3, -0.25) is 9.59 Å². The normalized spacial score (nSPS) is 10.9. The van der Waals surface area contributed by atoms with Crippen LogP contribution < -0.4 is 20.7 Å². The Kier molecular flexibility index (Phi) is 7.00. The molecule has 9 nitrogen and oxygen atoms in total. The fraction of sp³-hybridized carbons (Fsp3) is 0.167. The number of carbonyl (C=O) groups excluding carboxylic acids is 2. The fourth-order valence-corrected chi connectivity index (χ4v) is 4.21. The molecule has 0 aliphatic carbocycles. The molecule has 0 fully saturated rings. The van der Waals surface area contributed by atoms with Crippen LogP contribution in [0.25, 0.3) is 10.2 Å².